The van der Waals surface area contributed by atoms with E-state index in [0.29, 0.717) is 23.3 Å². The van der Waals surface area contributed by atoms with Gasteiger partial charge in [-0.25, -0.2) is 0 Å². The first-order valence-electron chi connectivity index (χ1n) is 10.9. The molecule has 3 aliphatic rings. The topological polar surface area (TPSA) is 102 Å². The lowest BCUT2D eigenvalue weighted by atomic mass is 9.97. The van der Waals surface area contributed by atoms with Crippen molar-refractivity contribution >= 4 is 29.7 Å². The summed E-state index contributed by atoms with van der Waals surface area (Å²) in [7, 11) is 1.45. The number of hydrogen-bond donors (Lipinski definition) is 2. The summed E-state index contributed by atoms with van der Waals surface area (Å²) < 4.78 is 0. The number of hydrogen-bond acceptors (Lipinski definition) is 7. The van der Waals surface area contributed by atoms with Gasteiger partial charge in [0.2, 0.25) is 5.91 Å². The quantitative estimate of drug-likeness (QED) is 0.435. The van der Waals surface area contributed by atoms with Crippen molar-refractivity contribution in [2.45, 2.75) is 18.9 Å². The molecule has 166 valence electrons. The van der Waals surface area contributed by atoms with Gasteiger partial charge in [0, 0.05) is 70.9 Å². The molecular weight excluding hydrogens is 398 g/mol. The SMILES string of the molecule is CNC(=O)C(CCC=O)N1C(=O)c2ccc(N3CC(CN4CCNCC4)C3)cc2C1=O. The van der Waals surface area contributed by atoms with Crippen molar-refractivity contribution in [3.8, 4) is 0 Å². The Hall–Kier alpha value is -2.78. The van der Waals surface area contributed by atoms with E-state index in [9.17, 15) is 19.2 Å². The molecule has 0 aliphatic carbocycles. The van der Waals surface area contributed by atoms with Crippen LogP contribution >= 0.6 is 0 Å². The monoisotopic (exact) mass is 427 g/mol. The van der Waals surface area contributed by atoms with Crippen LogP contribution in [-0.2, 0) is 9.59 Å². The molecule has 2 N–H and O–H groups in total. The Bertz CT molecular complexity index is 877. The minimum Gasteiger partial charge on any atom is -0.371 e. The number of amides is 3. The third kappa shape index (κ3) is 4.20. The molecule has 4 rings (SSSR count). The molecule has 2 fully saturated rings. The van der Waals surface area contributed by atoms with Crippen molar-refractivity contribution in [2.75, 3.05) is 57.8 Å². The number of carbonyl (C=O) groups is 4. The normalized spacial score (nSPS) is 20.4. The lowest BCUT2D eigenvalue weighted by Crippen LogP contribution is -2.54. The Morgan fingerprint density at radius 2 is 1.90 bits per heavy atom. The summed E-state index contributed by atoms with van der Waals surface area (Å²) in [4.78, 5) is 54.7. The zero-order chi connectivity index (χ0) is 22.0. The summed E-state index contributed by atoms with van der Waals surface area (Å²) in [6.45, 7) is 7.18. The summed E-state index contributed by atoms with van der Waals surface area (Å²) in [5.41, 5.74) is 1.56. The highest BCUT2D eigenvalue weighted by Crippen LogP contribution is 2.32. The van der Waals surface area contributed by atoms with Gasteiger partial charge in [-0.2, -0.15) is 0 Å². The smallest absolute Gasteiger partial charge is 0.262 e. The van der Waals surface area contributed by atoms with E-state index < -0.39 is 23.8 Å². The number of benzene rings is 1. The first-order chi connectivity index (χ1) is 15.0. The van der Waals surface area contributed by atoms with Gasteiger partial charge < -0.3 is 25.2 Å². The predicted octanol–water partition coefficient (Wildman–Crippen LogP) is -0.282. The second-order valence-corrected chi connectivity index (χ2v) is 8.41. The van der Waals surface area contributed by atoms with E-state index in [1.807, 2.05) is 6.07 Å². The number of anilines is 1. The molecule has 9 nitrogen and oxygen atoms in total. The molecule has 0 saturated carbocycles. The van der Waals surface area contributed by atoms with Crippen molar-refractivity contribution in [3.63, 3.8) is 0 Å². The van der Waals surface area contributed by atoms with Crippen LogP contribution in [0, 0.1) is 5.92 Å². The standard InChI is InChI=1S/C22H29N5O4/c1-23-20(29)19(3-2-10-28)27-21(30)17-5-4-16(11-18(17)22(27)31)26-13-15(14-26)12-25-8-6-24-7-9-25/h4-5,10-11,15,19,24H,2-3,6-9,12-14H2,1H3,(H,23,29). The van der Waals surface area contributed by atoms with Crippen LogP contribution in [0.4, 0.5) is 5.69 Å². The van der Waals surface area contributed by atoms with Crippen LogP contribution in [-0.4, -0.2) is 92.7 Å². The van der Waals surface area contributed by atoms with Crippen LogP contribution in [0.5, 0.6) is 0 Å². The lowest BCUT2D eigenvalue weighted by Gasteiger charge is -2.44. The highest BCUT2D eigenvalue weighted by atomic mass is 16.2. The first kappa shape index (κ1) is 21.5. The zero-order valence-corrected chi connectivity index (χ0v) is 17.8. The molecule has 3 amide bonds. The first-order valence-corrected chi connectivity index (χ1v) is 10.9. The summed E-state index contributed by atoms with van der Waals surface area (Å²) in [6, 6.07) is 4.32. The van der Waals surface area contributed by atoms with Crippen molar-refractivity contribution in [1.82, 2.24) is 20.4 Å². The summed E-state index contributed by atoms with van der Waals surface area (Å²) >= 11 is 0. The van der Waals surface area contributed by atoms with Gasteiger partial charge in [-0.1, -0.05) is 0 Å². The largest absolute Gasteiger partial charge is 0.371 e. The Morgan fingerprint density at radius 1 is 1.19 bits per heavy atom. The minimum absolute atomic E-state index is 0.0962. The average molecular weight is 428 g/mol. The number of likely N-dealkylation sites (N-methyl/N-ethyl adjacent to an activating group) is 1. The molecule has 3 heterocycles. The number of piperazine rings is 1. The van der Waals surface area contributed by atoms with E-state index >= 15 is 0 Å². The van der Waals surface area contributed by atoms with E-state index in [-0.39, 0.29) is 12.8 Å². The van der Waals surface area contributed by atoms with Gasteiger partial charge in [-0.15, -0.1) is 0 Å². The van der Waals surface area contributed by atoms with Crippen molar-refractivity contribution in [3.05, 3.63) is 29.3 Å². The van der Waals surface area contributed by atoms with Gasteiger partial charge >= 0.3 is 0 Å². The number of rotatable bonds is 8. The molecular formula is C22H29N5O4. The summed E-state index contributed by atoms with van der Waals surface area (Å²) in [5, 5.41) is 5.85. The lowest BCUT2D eigenvalue weighted by molar-refractivity contribution is -0.124. The maximum absolute atomic E-state index is 13.0. The number of nitrogens with one attached hydrogen (secondary N) is 2. The Kier molecular flexibility index (Phi) is 6.33. The van der Waals surface area contributed by atoms with E-state index in [1.165, 1.54) is 7.05 Å². The fourth-order valence-electron chi connectivity index (χ4n) is 4.65. The number of imide groups is 1. The molecule has 0 aromatic heterocycles. The van der Waals surface area contributed by atoms with Crippen molar-refractivity contribution in [2.24, 2.45) is 5.92 Å². The molecule has 0 bridgehead atoms. The predicted molar refractivity (Wildman–Crippen MR) is 115 cm³/mol. The third-order valence-corrected chi connectivity index (χ3v) is 6.37. The van der Waals surface area contributed by atoms with Gasteiger partial charge in [0.1, 0.15) is 12.3 Å². The molecule has 0 radical (unpaired) electrons. The van der Waals surface area contributed by atoms with Crippen LogP contribution in [0.2, 0.25) is 0 Å². The number of nitrogens with zero attached hydrogens (tertiary/aromatic N) is 3. The van der Waals surface area contributed by atoms with Crippen molar-refractivity contribution < 1.29 is 19.2 Å². The van der Waals surface area contributed by atoms with Gasteiger partial charge in [0.25, 0.3) is 11.8 Å². The molecule has 1 atom stereocenters. The summed E-state index contributed by atoms with van der Waals surface area (Å²) in [6.07, 6.45) is 0.896. The average Bonchev–Trinajstić information content (AvgIpc) is 3.01. The van der Waals surface area contributed by atoms with Crippen LogP contribution in [0.15, 0.2) is 18.2 Å². The fraction of sp³-hybridized carbons (Fsp3) is 0.545. The molecule has 1 aromatic rings. The zero-order valence-electron chi connectivity index (χ0n) is 17.8. The molecule has 0 spiro atoms. The third-order valence-electron chi connectivity index (χ3n) is 6.37. The van der Waals surface area contributed by atoms with Gasteiger partial charge in [0.05, 0.1) is 11.1 Å². The highest BCUT2D eigenvalue weighted by Gasteiger charge is 2.43. The van der Waals surface area contributed by atoms with E-state index in [4.69, 9.17) is 0 Å². The Balaban J connectivity index is 1.44. The summed E-state index contributed by atoms with van der Waals surface area (Å²) in [5.74, 6) is -0.804. The molecule has 1 aromatic carbocycles. The van der Waals surface area contributed by atoms with Gasteiger partial charge in [-0.3, -0.25) is 19.3 Å². The number of fused-ring (bicyclic) bond motifs is 1. The van der Waals surface area contributed by atoms with Crippen LogP contribution in [0.1, 0.15) is 33.6 Å². The maximum atomic E-state index is 13.0. The van der Waals surface area contributed by atoms with Crippen LogP contribution in [0.3, 0.4) is 0 Å². The molecule has 3 aliphatic heterocycles. The van der Waals surface area contributed by atoms with Gasteiger partial charge in [-0.05, 0) is 24.6 Å². The van der Waals surface area contributed by atoms with Crippen molar-refractivity contribution in [1.29, 1.82) is 0 Å². The van der Waals surface area contributed by atoms with E-state index in [0.717, 1.165) is 56.4 Å². The Labute approximate surface area is 181 Å². The molecule has 2 saturated heterocycles. The van der Waals surface area contributed by atoms with E-state index in [1.54, 1.807) is 12.1 Å². The number of carbonyl (C=O) groups excluding carboxylic acids is 4. The maximum Gasteiger partial charge on any atom is 0.262 e. The second-order valence-electron chi connectivity index (χ2n) is 8.41. The molecule has 9 heteroatoms. The van der Waals surface area contributed by atoms with Gasteiger partial charge in [0.15, 0.2) is 0 Å². The molecule has 1 unspecified atom stereocenters. The highest BCUT2D eigenvalue weighted by molar-refractivity contribution is 6.23. The van der Waals surface area contributed by atoms with Crippen LogP contribution in [0.25, 0.3) is 0 Å². The fourth-order valence-corrected chi connectivity index (χ4v) is 4.65. The van der Waals surface area contributed by atoms with E-state index in [2.05, 4.69) is 20.4 Å². The van der Waals surface area contributed by atoms with Crippen LogP contribution < -0.4 is 15.5 Å². The molecule has 31 heavy (non-hydrogen) atoms. The second kappa shape index (κ2) is 9.15. The minimum atomic E-state index is -0.988. The Morgan fingerprint density at radius 3 is 2.58 bits per heavy atom. The number of aldehydes is 1.